The van der Waals surface area contributed by atoms with Crippen LogP contribution in [0.15, 0.2) is 29.2 Å². The largest absolute Gasteiger partial charge is 0.240 e. The second kappa shape index (κ2) is 7.92. The fraction of sp³-hybridized carbons (Fsp3) is 0.538. The topological polar surface area (TPSA) is 46.2 Å². The highest BCUT2D eigenvalue weighted by Crippen LogP contribution is 2.17. The Hall–Kier alpha value is -0.390. The van der Waals surface area contributed by atoms with E-state index in [1.54, 1.807) is 12.1 Å². The summed E-state index contributed by atoms with van der Waals surface area (Å²) in [5.74, 6) is 0. The Balaban J connectivity index is 2.63. The number of hydrogen-bond acceptors (Lipinski definition) is 2. The van der Waals surface area contributed by atoms with E-state index in [2.05, 4.69) is 27.6 Å². The third-order valence-electron chi connectivity index (χ3n) is 2.73. The van der Waals surface area contributed by atoms with Crippen molar-refractivity contribution in [2.45, 2.75) is 42.8 Å². The molecule has 1 aromatic rings. The minimum absolute atomic E-state index is 0.373. The smallest absolute Gasteiger partial charge is 0.211 e. The van der Waals surface area contributed by atoms with Crippen LogP contribution in [0.1, 0.15) is 38.2 Å². The standard InChI is InChI=1S/C13H20BrNO2S/c1-2-3-4-7-10-15-18(16,17)13-9-6-5-8-12(13)11-14/h5-6,8-9,15H,2-4,7,10-11H2,1H3. The van der Waals surface area contributed by atoms with Gasteiger partial charge in [0.25, 0.3) is 0 Å². The molecule has 0 aromatic heterocycles. The van der Waals surface area contributed by atoms with Crippen LogP contribution >= 0.6 is 15.9 Å². The fourth-order valence-electron chi connectivity index (χ4n) is 1.71. The number of unbranched alkanes of at least 4 members (excludes halogenated alkanes) is 3. The molecule has 0 saturated carbocycles. The lowest BCUT2D eigenvalue weighted by Gasteiger charge is -2.09. The van der Waals surface area contributed by atoms with Gasteiger partial charge in [-0.2, -0.15) is 0 Å². The molecule has 18 heavy (non-hydrogen) atoms. The first kappa shape index (κ1) is 15.7. The summed E-state index contributed by atoms with van der Waals surface area (Å²) in [4.78, 5) is 0.373. The summed E-state index contributed by atoms with van der Waals surface area (Å²) in [5.41, 5.74) is 0.790. The van der Waals surface area contributed by atoms with Gasteiger partial charge in [-0.25, -0.2) is 13.1 Å². The molecule has 0 saturated heterocycles. The highest BCUT2D eigenvalue weighted by Gasteiger charge is 2.16. The monoisotopic (exact) mass is 333 g/mol. The van der Waals surface area contributed by atoms with Crippen LogP contribution in [0.3, 0.4) is 0 Å². The molecule has 0 radical (unpaired) electrons. The van der Waals surface area contributed by atoms with Gasteiger partial charge in [0.15, 0.2) is 0 Å². The molecule has 0 aliphatic carbocycles. The number of nitrogens with one attached hydrogen (secondary N) is 1. The van der Waals surface area contributed by atoms with Gasteiger partial charge in [-0.15, -0.1) is 0 Å². The summed E-state index contributed by atoms with van der Waals surface area (Å²) in [6.07, 6.45) is 4.27. The van der Waals surface area contributed by atoms with Crippen molar-refractivity contribution in [3.05, 3.63) is 29.8 Å². The van der Waals surface area contributed by atoms with Gasteiger partial charge in [-0.1, -0.05) is 60.3 Å². The Kier molecular flexibility index (Phi) is 6.89. The number of benzene rings is 1. The molecule has 0 atom stereocenters. The number of sulfonamides is 1. The zero-order chi connectivity index (χ0) is 13.4. The van der Waals surface area contributed by atoms with Crippen LogP contribution < -0.4 is 4.72 Å². The van der Waals surface area contributed by atoms with Crippen LogP contribution in [-0.4, -0.2) is 15.0 Å². The summed E-state index contributed by atoms with van der Waals surface area (Å²) in [6.45, 7) is 2.65. The van der Waals surface area contributed by atoms with Crippen molar-refractivity contribution in [3.63, 3.8) is 0 Å². The first-order valence-corrected chi connectivity index (χ1v) is 8.86. The minimum atomic E-state index is -3.37. The van der Waals surface area contributed by atoms with E-state index in [0.29, 0.717) is 16.8 Å². The molecule has 0 aliphatic rings. The van der Waals surface area contributed by atoms with E-state index in [9.17, 15) is 8.42 Å². The maximum Gasteiger partial charge on any atom is 0.240 e. The van der Waals surface area contributed by atoms with Crippen LogP contribution in [0.5, 0.6) is 0 Å². The molecule has 5 heteroatoms. The molecule has 0 fully saturated rings. The third kappa shape index (κ3) is 4.71. The van der Waals surface area contributed by atoms with Gasteiger partial charge in [-0.05, 0) is 18.1 Å². The summed E-state index contributed by atoms with van der Waals surface area (Å²) in [5, 5.41) is 0.542. The highest BCUT2D eigenvalue weighted by molar-refractivity contribution is 9.08. The Morgan fingerprint density at radius 2 is 1.89 bits per heavy atom. The molecular formula is C13H20BrNO2S. The first-order chi connectivity index (χ1) is 8.61. The van der Waals surface area contributed by atoms with E-state index in [1.807, 2.05) is 12.1 Å². The van der Waals surface area contributed by atoms with Crippen molar-refractivity contribution in [3.8, 4) is 0 Å². The highest BCUT2D eigenvalue weighted by atomic mass is 79.9. The van der Waals surface area contributed by atoms with E-state index in [1.165, 1.54) is 0 Å². The molecule has 3 nitrogen and oxygen atoms in total. The number of halogens is 1. The molecule has 0 spiro atoms. The van der Waals surface area contributed by atoms with Gasteiger partial charge in [-0.3, -0.25) is 0 Å². The average molecular weight is 334 g/mol. The van der Waals surface area contributed by atoms with Crippen molar-refractivity contribution in [1.29, 1.82) is 0 Å². The predicted octanol–water partition coefficient (Wildman–Crippen LogP) is 3.44. The van der Waals surface area contributed by atoms with Crippen LogP contribution in [0.2, 0.25) is 0 Å². The molecule has 1 aromatic carbocycles. The van der Waals surface area contributed by atoms with Crippen LogP contribution in [0.25, 0.3) is 0 Å². The lowest BCUT2D eigenvalue weighted by atomic mass is 10.2. The second-order valence-electron chi connectivity index (χ2n) is 4.20. The number of rotatable bonds is 8. The van der Waals surface area contributed by atoms with Crippen molar-refractivity contribution >= 4 is 26.0 Å². The SMILES string of the molecule is CCCCCCNS(=O)(=O)c1ccccc1CBr. The van der Waals surface area contributed by atoms with Crippen molar-refractivity contribution in [2.75, 3.05) is 6.54 Å². The first-order valence-electron chi connectivity index (χ1n) is 6.25. The predicted molar refractivity (Wildman–Crippen MR) is 78.4 cm³/mol. The summed E-state index contributed by atoms with van der Waals surface area (Å²) in [7, 11) is -3.37. The Bertz CT molecular complexity index is 460. The second-order valence-corrected chi connectivity index (χ2v) is 6.50. The van der Waals surface area contributed by atoms with E-state index < -0.39 is 10.0 Å². The average Bonchev–Trinajstić information content (AvgIpc) is 2.38. The summed E-state index contributed by atoms with van der Waals surface area (Å²) >= 11 is 3.31. The number of hydrogen-bond donors (Lipinski definition) is 1. The number of alkyl halides is 1. The van der Waals surface area contributed by atoms with E-state index in [0.717, 1.165) is 31.2 Å². The van der Waals surface area contributed by atoms with Crippen LogP contribution in [0.4, 0.5) is 0 Å². The van der Waals surface area contributed by atoms with E-state index >= 15 is 0 Å². The Labute approximate surface area is 118 Å². The fourth-order valence-corrected chi connectivity index (χ4v) is 3.70. The van der Waals surface area contributed by atoms with Gasteiger partial charge in [0.1, 0.15) is 0 Å². The van der Waals surface area contributed by atoms with Crippen molar-refractivity contribution in [1.82, 2.24) is 4.72 Å². The molecule has 1 N–H and O–H groups in total. The molecule has 0 aliphatic heterocycles. The van der Waals surface area contributed by atoms with Gasteiger partial charge < -0.3 is 0 Å². The molecule has 0 heterocycles. The maximum absolute atomic E-state index is 12.1. The quantitative estimate of drug-likeness (QED) is 0.585. The Morgan fingerprint density at radius 3 is 2.56 bits per heavy atom. The van der Waals surface area contributed by atoms with Crippen molar-refractivity contribution in [2.24, 2.45) is 0 Å². The van der Waals surface area contributed by atoms with E-state index in [4.69, 9.17) is 0 Å². The van der Waals surface area contributed by atoms with Crippen molar-refractivity contribution < 1.29 is 8.42 Å². The van der Waals surface area contributed by atoms with Crippen LogP contribution in [-0.2, 0) is 15.4 Å². The van der Waals surface area contributed by atoms with E-state index in [-0.39, 0.29) is 0 Å². The Morgan fingerprint density at radius 1 is 1.17 bits per heavy atom. The molecule has 102 valence electrons. The van der Waals surface area contributed by atoms with Gasteiger partial charge >= 0.3 is 0 Å². The lowest BCUT2D eigenvalue weighted by Crippen LogP contribution is -2.25. The normalized spacial score (nSPS) is 11.7. The minimum Gasteiger partial charge on any atom is -0.211 e. The maximum atomic E-state index is 12.1. The summed E-state index contributed by atoms with van der Waals surface area (Å²) in [6, 6.07) is 7.06. The molecule has 1 rings (SSSR count). The zero-order valence-corrected chi connectivity index (χ0v) is 13.1. The lowest BCUT2D eigenvalue weighted by molar-refractivity contribution is 0.573. The van der Waals surface area contributed by atoms with Gasteiger partial charge in [0, 0.05) is 11.9 Å². The molecular weight excluding hydrogens is 314 g/mol. The molecule has 0 bridgehead atoms. The molecule has 0 unspecified atom stereocenters. The van der Waals surface area contributed by atoms with Gasteiger partial charge in [0.05, 0.1) is 4.90 Å². The van der Waals surface area contributed by atoms with Gasteiger partial charge in [0.2, 0.25) is 10.0 Å². The van der Waals surface area contributed by atoms with Crippen LogP contribution in [0, 0.1) is 0 Å². The summed E-state index contributed by atoms with van der Waals surface area (Å²) < 4.78 is 26.9. The zero-order valence-electron chi connectivity index (χ0n) is 10.7. The third-order valence-corrected chi connectivity index (χ3v) is 4.89. The molecule has 0 amide bonds.